The van der Waals surface area contributed by atoms with Crippen LogP contribution in [0.2, 0.25) is 0 Å². The monoisotopic (exact) mass is 358 g/mol. The van der Waals surface area contributed by atoms with Gasteiger partial charge in [-0.05, 0) is 0 Å². The molecule has 0 unspecified atom stereocenters. The number of ketones is 1. The predicted molar refractivity (Wildman–Crippen MR) is 53.6 cm³/mol. The first kappa shape index (κ1) is 12.8. The van der Waals surface area contributed by atoms with E-state index in [1.54, 1.807) is 0 Å². The van der Waals surface area contributed by atoms with Gasteiger partial charge in [-0.3, -0.25) is 0 Å². The summed E-state index contributed by atoms with van der Waals surface area (Å²) in [5.74, 6) is -0.176. The number of halogens is 1. The molecular formula is C10H15IO4S-2. The molecule has 1 aliphatic carbocycles. The normalized spacial score (nSPS) is 38.2. The van der Waals surface area contributed by atoms with Gasteiger partial charge in [-0.2, -0.15) is 0 Å². The summed E-state index contributed by atoms with van der Waals surface area (Å²) in [7, 11) is -4.32. The fourth-order valence-electron chi connectivity index (χ4n) is 2.87. The van der Waals surface area contributed by atoms with E-state index < -0.39 is 21.3 Å². The quantitative estimate of drug-likeness (QED) is 0.305. The molecule has 4 nitrogen and oxygen atoms in total. The Balaban J connectivity index is 2.46. The summed E-state index contributed by atoms with van der Waals surface area (Å²) < 4.78 is 34.8. The Morgan fingerprint density at radius 1 is 1.50 bits per heavy atom. The van der Waals surface area contributed by atoms with Gasteiger partial charge < -0.3 is 0 Å². The molecular weight excluding hydrogens is 343 g/mol. The van der Waals surface area contributed by atoms with Crippen LogP contribution in [-0.2, 0) is 14.9 Å². The van der Waals surface area contributed by atoms with Crippen LogP contribution >= 0.6 is 0 Å². The van der Waals surface area contributed by atoms with Crippen LogP contribution in [0.3, 0.4) is 0 Å². The number of fused-ring (bicyclic) bond motifs is 2. The summed E-state index contributed by atoms with van der Waals surface area (Å²) in [6.45, 7) is 3.91. The van der Waals surface area contributed by atoms with E-state index in [2.05, 4.69) is 0 Å². The zero-order valence-electron chi connectivity index (χ0n) is 9.32. The van der Waals surface area contributed by atoms with Crippen LogP contribution < -0.4 is 21.2 Å². The maximum absolute atomic E-state index is 12.1. The number of carbonyl (C=O) groups is 1. The maximum atomic E-state index is 12.1. The van der Waals surface area contributed by atoms with Crippen LogP contribution in [0.4, 0.5) is 0 Å². The molecule has 2 rings (SSSR count). The van der Waals surface area contributed by atoms with Crippen LogP contribution in [0.1, 0.15) is 20.3 Å². The van der Waals surface area contributed by atoms with Gasteiger partial charge in [0.05, 0.1) is 0 Å². The van der Waals surface area contributed by atoms with E-state index in [9.17, 15) is 17.8 Å². The summed E-state index contributed by atoms with van der Waals surface area (Å²) >= 11 is -0.118. The molecule has 6 heteroatoms. The molecule has 0 N–H and O–H groups in total. The summed E-state index contributed by atoms with van der Waals surface area (Å²) in [5, 5.41) is 0. The van der Waals surface area contributed by atoms with Gasteiger partial charge in [-0.1, -0.05) is 0 Å². The van der Waals surface area contributed by atoms with E-state index in [1.165, 1.54) is 0 Å². The van der Waals surface area contributed by atoms with Crippen LogP contribution in [0.25, 0.3) is 0 Å². The minimum absolute atomic E-state index is 0.0131. The fourth-order valence-corrected chi connectivity index (χ4v) is 9.55. The number of alkyl halides is 2. The number of hydrogen-bond acceptors (Lipinski definition) is 4. The Labute approximate surface area is 106 Å². The van der Waals surface area contributed by atoms with Gasteiger partial charge in [0.2, 0.25) is 0 Å². The molecule has 1 saturated carbocycles. The van der Waals surface area contributed by atoms with Crippen molar-refractivity contribution in [2.75, 3.05) is 14.6 Å². The van der Waals surface area contributed by atoms with Gasteiger partial charge in [0.25, 0.3) is 0 Å². The fraction of sp³-hybridized carbons (Fsp3) is 0.900. The molecule has 1 aliphatic heterocycles. The number of rotatable bonds is 2. The van der Waals surface area contributed by atoms with Crippen molar-refractivity contribution < 1.29 is 39.0 Å². The SMILES string of the molecule is CC1(C)[C@@H]2C[I-]C[C@@]1(CS(=O)(=O)[O-])C(=O)C2. The van der Waals surface area contributed by atoms with Crippen LogP contribution in [0.15, 0.2) is 0 Å². The van der Waals surface area contributed by atoms with Crippen molar-refractivity contribution in [3.05, 3.63) is 0 Å². The predicted octanol–water partition coefficient (Wildman–Crippen LogP) is -2.76. The van der Waals surface area contributed by atoms with E-state index in [-0.39, 0.29) is 32.4 Å². The van der Waals surface area contributed by atoms with Crippen molar-refractivity contribution in [3.8, 4) is 0 Å². The van der Waals surface area contributed by atoms with E-state index in [1.807, 2.05) is 13.8 Å². The van der Waals surface area contributed by atoms with Crippen LogP contribution in [0, 0.1) is 16.7 Å². The number of carbonyl (C=O) groups excluding carboxylic acids is 1. The molecule has 0 aromatic heterocycles. The van der Waals surface area contributed by atoms with E-state index in [4.69, 9.17) is 0 Å². The van der Waals surface area contributed by atoms with Crippen LogP contribution in [0.5, 0.6) is 0 Å². The van der Waals surface area contributed by atoms with Crippen molar-refractivity contribution in [2.45, 2.75) is 20.3 Å². The third-order valence-corrected chi connectivity index (χ3v) is 8.63. The second-order valence-electron chi connectivity index (χ2n) is 5.31. The topological polar surface area (TPSA) is 74.3 Å². The minimum atomic E-state index is -4.32. The second-order valence-corrected chi connectivity index (χ2v) is 9.43. The molecule has 2 aliphatic rings. The van der Waals surface area contributed by atoms with E-state index in [0.717, 1.165) is 4.43 Å². The first-order valence-corrected chi connectivity index (χ1v) is 9.82. The molecule has 0 aromatic carbocycles. The van der Waals surface area contributed by atoms with E-state index in [0.29, 0.717) is 16.8 Å². The third-order valence-electron chi connectivity index (χ3n) is 4.26. The molecule has 0 aromatic rings. The summed E-state index contributed by atoms with van der Waals surface area (Å²) in [4.78, 5) is 12.1. The Morgan fingerprint density at radius 2 is 2.12 bits per heavy atom. The zero-order chi connectivity index (χ0) is 12.2. The standard InChI is InChI=1S/C10H16IO4S/c1-9(2)7-3-8(12)10(9,5-11-4-7)6-16(13,14)15/h7H,3-6H2,1-2H3,(H,13,14,15)/q-1/p-1/t7-,10+/m0/s1. The Bertz CT molecular complexity index is 428. The average Bonchev–Trinajstić information content (AvgIpc) is 2.25. The average molecular weight is 358 g/mol. The van der Waals surface area contributed by atoms with Crippen molar-refractivity contribution in [3.63, 3.8) is 0 Å². The molecule has 1 heterocycles. The third kappa shape index (κ3) is 1.73. The Hall–Kier alpha value is 0.310. The van der Waals surface area contributed by atoms with Gasteiger partial charge in [-0.15, -0.1) is 0 Å². The first-order valence-electron chi connectivity index (χ1n) is 5.19. The van der Waals surface area contributed by atoms with Gasteiger partial charge in [0, 0.05) is 0 Å². The number of Topliss-reactive ketones (excluding diaryl/α,β-unsaturated/α-hetero) is 1. The van der Waals surface area contributed by atoms with Gasteiger partial charge in [0.1, 0.15) is 0 Å². The summed E-state index contributed by atoms with van der Waals surface area (Å²) in [6, 6.07) is 0. The van der Waals surface area contributed by atoms with Crippen molar-refractivity contribution >= 4 is 15.9 Å². The van der Waals surface area contributed by atoms with Gasteiger partial charge in [-0.25, -0.2) is 0 Å². The van der Waals surface area contributed by atoms with Crippen molar-refractivity contribution in [1.82, 2.24) is 0 Å². The second kappa shape index (κ2) is 3.65. The first-order chi connectivity index (χ1) is 7.19. The molecule has 0 radical (unpaired) electrons. The van der Waals surface area contributed by atoms with E-state index >= 15 is 0 Å². The van der Waals surface area contributed by atoms with Gasteiger partial charge >= 0.3 is 106 Å². The molecule has 16 heavy (non-hydrogen) atoms. The molecule has 0 spiro atoms. The molecule has 94 valence electrons. The van der Waals surface area contributed by atoms with Crippen LogP contribution in [-0.4, -0.2) is 33.4 Å². The Kier molecular flexibility index (Phi) is 2.91. The van der Waals surface area contributed by atoms with Gasteiger partial charge in [0.15, 0.2) is 0 Å². The number of hydrogen-bond donors (Lipinski definition) is 0. The Morgan fingerprint density at radius 3 is 2.69 bits per heavy atom. The molecule has 2 fully saturated rings. The van der Waals surface area contributed by atoms with Crippen molar-refractivity contribution in [1.29, 1.82) is 0 Å². The zero-order valence-corrected chi connectivity index (χ0v) is 12.3. The molecule has 2 atom stereocenters. The van der Waals surface area contributed by atoms with Crippen molar-refractivity contribution in [2.24, 2.45) is 16.7 Å². The molecule has 2 bridgehead atoms. The summed E-state index contributed by atoms with van der Waals surface area (Å²) in [5.41, 5.74) is -1.18. The molecule has 0 amide bonds. The summed E-state index contributed by atoms with van der Waals surface area (Å²) in [6.07, 6.45) is 0.474. The molecule has 1 saturated heterocycles.